The largest absolute Gasteiger partial charge is 0.304 e. The second-order valence-electron chi connectivity index (χ2n) is 20.1. The normalized spacial score (nSPS) is 8.13. The maximum Gasteiger partial charge on any atom is 0.234 e. The molecule has 119 heavy (non-hydrogen) atoms. The molecule has 15 aromatic rings. The standard InChI is InChI=1S/C13H10N2.C9H10N2.C8H9N3.3C6H7N.4C5H6N2.C4H5N3.13C2H6/c1-9-4-5-11-7-6-10-3-2-8-14-12(10)13(11)15-9;1-7-8(2)11-6-4-3-5-9(11)10-7;1-6-7(2)11-5-3-4-9-8(11)10-6;1-6-2-4-7-5-3-6;1-6-3-2-4-7-5-6;1-6-4-2-3-5-7-6;1-5-2-6-4-7-3-5;1-5-4-6-2-3-7-5;1-5-2-3-6-4-7-5;1-5-6-3-2-4-7-5;1-4-6-2-5-3-7-4;13*1-2/h2-8H,1H3;3-6H,1-2H3;3-5H,1-2H3;3*2-5H,1H3;4*2-4H,1H3;2-3H,1H3;13*1-2H3. The molecular formula is C98H157N21. The van der Waals surface area contributed by atoms with E-state index in [1.165, 1.54) is 42.1 Å². The smallest absolute Gasteiger partial charge is 0.234 e. The van der Waals surface area contributed by atoms with Crippen LogP contribution in [-0.4, -0.2) is 103 Å². The predicted molar refractivity (Wildman–Crippen MR) is 515 cm³/mol. The Bertz CT molecular complexity index is 3880. The number of pyridine rings is 6. The highest BCUT2D eigenvalue weighted by atomic mass is 15.1. The molecule has 0 aliphatic heterocycles. The molecule has 0 unspecified atom stereocenters. The Balaban J connectivity index is -0.000000157. The van der Waals surface area contributed by atoms with Crippen LogP contribution in [0.2, 0.25) is 0 Å². The molecule has 654 valence electrons. The van der Waals surface area contributed by atoms with Crippen molar-refractivity contribution in [2.45, 2.75) is 270 Å². The first-order chi connectivity index (χ1) is 58.1. The lowest BCUT2D eigenvalue weighted by Crippen LogP contribution is -1.87. The zero-order valence-electron chi connectivity index (χ0n) is 81.0. The first kappa shape index (κ1) is 125. The third-order valence-electron chi connectivity index (χ3n) is 12.4. The lowest BCUT2D eigenvalue weighted by atomic mass is 10.1. The van der Waals surface area contributed by atoms with Gasteiger partial charge in [0, 0.05) is 145 Å². The van der Waals surface area contributed by atoms with Crippen molar-refractivity contribution in [3.8, 4) is 0 Å². The number of aryl methyl sites for hydroxylation is 13. The second-order valence-corrected chi connectivity index (χ2v) is 20.1. The van der Waals surface area contributed by atoms with Gasteiger partial charge in [0.2, 0.25) is 5.78 Å². The number of rotatable bonds is 0. The zero-order valence-corrected chi connectivity index (χ0v) is 81.0. The summed E-state index contributed by atoms with van der Waals surface area (Å²) in [6, 6.07) is 37.6. The summed E-state index contributed by atoms with van der Waals surface area (Å²) < 4.78 is 4.07. The molecule has 1 aromatic carbocycles. The van der Waals surface area contributed by atoms with Crippen LogP contribution >= 0.6 is 0 Å². The van der Waals surface area contributed by atoms with Crippen LogP contribution < -0.4 is 0 Å². The average Bonchev–Trinajstić information content (AvgIpc) is 1.76. The SMILES string of the molecule is CC.CC.CC.CC.CC.CC.CC.CC.CC.CC.CC.CC.CC.Cc1ccc2ccc3cccnc3c2n1.Cc1ccccn1.Cc1cccnc1.Cc1ccncc1.Cc1ccncn1.Cc1cnccn1.Cc1cncnc1.Cc1nc2ccccn2c1C.Cc1nc2ncccn2c1C.Cc1ncccn1.Cc1ncncn1. The molecule has 21 heteroatoms. The molecule has 15 rings (SSSR count). The second kappa shape index (κ2) is 96.7. The summed E-state index contributed by atoms with van der Waals surface area (Å²) in [6.07, 6.45) is 36.3. The monoisotopic (exact) mass is 1630 g/mol. The van der Waals surface area contributed by atoms with Gasteiger partial charge in [-0.2, -0.15) is 0 Å². The van der Waals surface area contributed by atoms with E-state index in [1.54, 1.807) is 86.6 Å². The Morgan fingerprint density at radius 3 is 1.05 bits per heavy atom. The van der Waals surface area contributed by atoms with Gasteiger partial charge in [0.1, 0.15) is 42.6 Å². The molecule has 14 heterocycles. The summed E-state index contributed by atoms with van der Waals surface area (Å²) in [5, 5.41) is 2.29. The average molecular weight is 1630 g/mol. The molecule has 0 atom stereocenters. The Hall–Kier alpha value is -11.9. The summed E-state index contributed by atoms with van der Waals surface area (Å²) in [5.41, 5.74) is 15.2. The molecule has 0 N–H and O–H groups in total. The Morgan fingerprint density at radius 2 is 0.672 bits per heavy atom. The van der Waals surface area contributed by atoms with Gasteiger partial charge in [-0.05, 0) is 179 Å². The van der Waals surface area contributed by atoms with Crippen molar-refractivity contribution in [2.75, 3.05) is 0 Å². The lowest BCUT2D eigenvalue weighted by molar-refractivity contribution is 0.974. The fourth-order valence-corrected chi connectivity index (χ4v) is 7.27. The van der Waals surface area contributed by atoms with E-state index in [9.17, 15) is 0 Å². The van der Waals surface area contributed by atoms with Gasteiger partial charge in [-0.25, -0.2) is 59.8 Å². The zero-order chi connectivity index (χ0) is 92.8. The van der Waals surface area contributed by atoms with Gasteiger partial charge in [0.25, 0.3) is 0 Å². The highest BCUT2D eigenvalue weighted by Crippen LogP contribution is 2.22. The minimum atomic E-state index is 0.759. The number of hydrogen-bond donors (Lipinski definition) is 0. The van der Waals surface area contributed by atoms with Crippen LogP contribution in [0.4, 0.5) is 0 Å². The number of benzene rings is 1. The minimum Gasteiger partial charge on any atom is -0.304 e. The fourth-order valence-electron chi connectivity index (χ4n) is 7.27. The van der Waals surface area contributed by atoms with Gasteiger partial charge in [-0.15, -0.1) is 0 Å². The predicted octanol–water partition coefficient (Wildman–Crippen LogP) is 27.2. The quantitative estimate of drug-likeness (QED) is 0.128. The van der Waals surface area contributed by atoms with Gasteiger partial charge >= 0.3 is 0 Å². The highest BCUT2D eigenvalue weighted by Gasteiger charge is 2.04. The topological polar surface area (TPSA) is 254 Å². The first-order valence-corrected chi connectivity index (χ1v) is 42.5. The van der Waals surface area contributed by atoms with Crippen LogP contribution in [0, 0.1) is 90.0 Å². The van der Waals surface area contributed by atoms with Crippen LogP contribution in [0.5, 0.6) is 0 Å². The summed E-state index contributed by atoms with van der Waals surface area (Å²) in [4.78, 5) is 75.2. The molecule has 0 radical (unpaired) electrons. The van der Waals surface area contributed by atoms with Crippen molar-refractivity contribution in [1.82, 2.24) is 103 Å². The summed E-state index contributed by atoms with van der Waals surface area (Å²) in [5.74, 6) is 2.36. The minimum absolute atomic E-state index is 0.759. The van der Waals surface area contributed by atoms with Crippen molar-refractivity contribution < 1.29 is 0 Å². The van der Waals surface area contributed by atoms with E-state index in [0.29, 0.717) is 0 Å². The number of hydrogen-bond acceptors (Lipinski definition) is 19. The van der Waals surface area contributed by atoms with Crippen molar-refractivity contribution in [1.29, 1.82) is 0 Å². The van der Waals surface area contributed by atoms with Crippen LogP contribution in [0.3, 0.4) is 0 Å². The molecule has 0 aliphatic rings. The maximum atomic E-state index is 4.54. The molecule has 0 aliphatic carbocycles. The molecule has 0 saturated heterocycles. The molecule has 0 spiro atoms. The Labute approximate surface area is 722 Å². The first-order valence-electron chi connectivity index (χ1n) is 42.5. The molecule has 0 fully saturated rings. The van der Waals surface area contributed by atoms with Gasteiger partial charge in [0.15, 0.2) is 0 Å². The van der Waals surface area contributed by atoms with Crippen LogP contribution in [0.25, 0.3) is 33.2 Å². The van der Waals surface area contributed by atoms with Gasteiger partial charge in [-0.3, -0.25) is 39.3 Å². The molecule has 0 saturated carbocycles. The van der Waals surface area contributed by atoms with Crippen molar-refractivity contribution in [3.05, 3.63) is 320 Å². The molecule has 14 aromatic heterocycles. The van der Waals surface area contributed by atoms with Crippen LogP contribution in [0.1, 0.15) is 254 Å². The van der Waals surface area contributed by atoms with Crippen molar-refractivity contribution in [3.63, 3.8) is 0 Å². The number of nitrogens with zero attached hydrogens (tertiary/aromatic N) is 21. The van der Waals surface area contributed by atoms with E-state index in [-0.39, 0.29) is 0 Å². The summed E-state index contributed by atoms with van der Waals surface area (Å²) >= 11 is 0. The van der Waals surface area contributed by atoms with E-state index in [2.05, 4.69) is 130 Å². The van der Waals surface area contributed by atoms with Crippen molar-refractivity contribution in [2.24, 2.45) is 0 Å². The molecule has 21 nitrogen and oxygen atoms in total. The lowest BCUT2D eigenvalue weighted by Gasteiger charge is -2.02. The maximum absolute atomic E-state index is 4.54. The van der Waals surface area contributed by atoms with Gasteiger partial charge in [-0.1, -0.05) is 222 Å². The molecule has 0 amide bonds. The number of aromatic nitrogens is 21. The Morgan fingerprint density at radius 1 is 0.218 bits per heavy atom. The third kappa shape index (κ3) is 66.9. The summed E-state index contributed by atoms with van der Waals surface area (Å²) in [6.45, 7) is 77.7. The van der Waals surface area contributed by atoms with Gasteiger partial charge in [0.05, 0.1) is 28.1 Å². The molecular weight excluding hydrogens is 1470 g/mol. The highest BCUT2D eigenvalue weighted by molar-refractivity contribution is 6.02. The van der Waals surface area contributed by atoms with E-state index >= 15 is 0 Å². The van der Waals surface area contributed by atoms with E-state index in [1.807, 2.05) is 377 Å². The van der Waals surface area contributed by atoms with Crippen LogP contribution in [0.15, 0.2) is 246 Å². The van der Waals surface area contributed by atoms with E-state index < -0.39 is 0 Å². The van der Waals surface area contributed by atoms with E-state index in [4.69, 9.17) is 0 Å². The van der Waals surface area contributed by atoms with Crippen molar-refractivity contribution >= 4 is 33.2 Å². The number of imidazole rings is 2. The van der Waals surface area contributed by atoms with Crippen LogP contribution in [-0.2, 0) is 0 Å². The third-order valence-corrected chi connectivity index (χ3v) is 12.4. The number of fused-ring (bicyclic) bond motifs is 5. The fraction of sp³-hybridized carbons (Fsp3) is 0.398. The van der Waals surface area contributed by atoms with E-state index in [0.717, 1.165) is 90.3 Å². The van der Waals surface area contributed by atoms with Gasteiger partial charge < -0.3 is 4.40 Å². The summed E-state index contributed by atoms with van der Waals surface area (Å²) in [7, 11) is 0. The Kier molecular flexibility index (Phi) is 102. The molecule has 0 bridgehead atoms.